The third-order valence-corrected chi connectivity index (χ3v) is 3.73. The summed E-state index contributed by atoms with van der Waals surface area (Å²) in [6, 6.07) is 1.97. The first-order chi connectivity index (χ1) is 9.35. The highest BCUT2D eigenvalue weighted by Crippen LogP contribution is 2.38. The maximum Gasteiger partial charge on any atom is 0.136 e. The lowest BCUT2D eigenvalue weighted by Crippen LogP contribution is -2.27. The van der Waals surface area contributed by atoms with E-state index in [0.29, 0.717) is 12.0 Å². The number of nitrogens with zero attached hydrogens (tertiary/aromatic N) is 2. The van der Waals surface area contributed by atoms with Crippen molar-refractivity contribution in [3.05, 3.63) is 11.9 Å². The van der Waals surface area contributed by atoms with Crippen molar-refractivity contribution in [3.8, 4) is 0 Å². The second kappa shape index (κ2) is 5.74. The van der Waals surface area contributed by atoms with Gasteiger partial charge in [0.1, 0.15) is 17.5 Å². The summed E-state index contributed by atoms with van der Waals surface area (Å²) in [6.45, 7) is 1.73. The molecule has 1 aliphatic heterocycles. The van der Waals surface area contributed by atoms with E-state index in [9.17, 15) is 0 Å². The lowest BCUT2D eigenvalue weighted by Gasteiger charge is -2.23. The fraction of sp³-hybridized carbons (Fsp3) is 0.714. The Morgan fingerprint density at radius 3 is 2.74 bits per heavy atom. The van der Waals surface area contributed by atoms with E-state index in [-0.39, 0.29) is 0 Å². The average Bonchev–Trinajstić information content (AvgIpc) is 3.30. The Hall–Kier alpha value is -1.36. The van der Waals surface area contributed by atoms with Crippen LogP contribution < -0.4 is 10.6 Å². The van der Waals surface area contributed by atoms with Crippen LogP contribution in [0.5, 0.6) is 0 Å². The molecule has 2 N–H and O–H groups in total. The number of anilines is 2. The minimum Gasteiger partial charge on any atom is -0.376 e. The smallest absolute Gasteiger partial charge is 0.136 e. The number of hydrogen-bond donors (Lipinski definition) is 2. The van der Waals surface area contributed by atoms with E-state index in [1.165, 1.54) is 25.7 Å². The van der Waals surface area contributed by atoms with Gasteiger partial charge in [-0.3, -0.25) is 0 Å². The Balaban J connectivity index is 1.63. The summed E-state index contributed by atoms with van der Waals surface area (Å²) in [5.74, 6) is 3.35. The van der Waals surface area contributed by atoms with Crippen molar-refractivity contribution in [3.63, 3.8) is 0 Å². The molecule has 0 amide bonds. The summed E-state index contributed by atoms with van der Waals surface area (Å²) in [6.07, 6.45) is 6.37. The Bertz CT molecular complexity index is 427. The van der Waals surface area contributed by atoms with E-state index in [1.807, 2.05) is 13.1 Å². The fourth-order valence-corrected chi connectivity index (χ4v) is 2.40. The molecule has 1 saturated heterocycles. The van der Waals surface area contributed by atoms with Crippen LogP contribution in [0, 0.1) is 0 Å². The van der Waals surface area contributed by atoms with Gasteiger partial charge in [-0.2, -0.15) is 0 Å². The van der Waals surface area contributed by atoms with Crippen LogP contribution in [0.25, 0.3) is 0 Å². The number of aromatic nitrogens is 2. The molecule has 5 heteroatoms. The molecule has 1 aliphatic carbocycles. The molecule has 3 rings (SSSR count). The molecule has 0 radical (unpaired) electrons. The van der Waals surface area contributed by atoms with Crippen LogP contribution in [0.4, 0.5) is 11.6 Å². The molecule has 0 bridgehead atoms. The lowest BCUT2D eigenvalue weighted by atomic mass is 10.1. The molecule has 0 spiro atoms. The number of hydrogen-bond acceptors (Lipinski definition) is 5. The van der Waals surface area contributed by atoms with Crippen LogP contribution in [0.2, 0.25) is 0 Å². The molecule has 0 aromatic carbocycles. The van der Waals surface area contributed by atoms with E-state index in [0.717, 1.165) is 37.0 Å². The van der Waals surface area contributed by atoms with Crippen molar-refractivity contribution in [2.24, 2.45) is 0 Å². The minimum atomic E-state index is 0.325. The number of nitrogens with one attached hydrogen (secondary N) is 2. The summed E-state index contributed by atoms with van der Waals surface area (Å²) in [4.78, 5) is 9.13. The van der Waals surface area contributed by atoms with Crippen molar-refractivity contribution < 1.29 is 4.74 Å². The molecular formula is C14H22N4O. The van der Waals surface area contributed by atoms with E-state index >= 15 is 0 Å². The van der Waals surface area contributed by atoms with Gasteiger partial charge in [0.2, 0.25) is 0 Å². The molecule has 1 atom stereocenters. The maximum atomic E-state index is 5.72. The van der Waals surface area contributed by atoms with Crippen molar-refractivity contribution >= 4 is 11.6 Å². The van der Waals surface area contributed by atoms with Crippen molar-refractivity contribution in [2.45, 2.75) is 44.1 Å². The van der Waals surface area contributed by atoms with E-state index in [1.54, 1.807) is 0 Å². The zero-order valence-corrected chi connectivity index (χ0v) is 11.5. The predicted octanol–water partition coefficient (Wildman–Crippen LogP) is 2.38. The minimum absolute atomic E-state index is 0.325. The third kappa shape index (κ3) is 3.35. The van der Waals surface area contributed by atoms with Crippen molar-refractivity contribution in [2.75, 3.05) is 30.8 Å². The quantitative estimate of drug-likeness (QED) is 0.853. The van der Waals surface area contributed by atoms with Gasteiger partial charge < -0.3 is 15.4 Å². The Labute approximate surface area is 114 Å². The molecule has 2 aliphatic rings. The Kier molecular flexibility index (Phi) is 3.82. The lowest BCUT2D eigenvalue weighted by molar-refractivity contribution is 0.0247. The molecule has 2 heterocycles. The Morgan fingerprint density at radius 2 is 2.05 bits per heavy atom. The zero-order chi connectivity index (χ0) is 13.1. The first-order valence-electron chi connectivity index (χ1n) is 7.27. The standard InChI is InChI=1S/C14H22N4O/c1-15-12-8-13(18-14(17-12)10-5-6-10)16-9-11-4-2-3-7-19-11/h8,10-11H,2-7,9H2,1H3,(H2,15,16,17,18). The molecular weight excluding hydrogens is 240 g/mol. The van der Waals surface area contributed by atoms with E-state index < -0.39 is 0 Å². The van der Waals surface area contributed by atoms with Crippen LogP contribution in [-0.2, 0) is 4.74 Å². The Morgan fingerprint density at radius 1 is 1.21 bits per heavy atom. The monoisotopic (exact) mass is 262 g/mol. The molecule has 1 aromatic heterocycles. The van der Waals surface area contributed by atoms with Gasteiger partial charge in [0, 0.05) is 32.2 Å². The third-order valence-electron chi connectivity index (χ3n) is 3.73. The second-order valence-electron chi connectivity index (χ2n) is 5.39. The van der Waals surface area contributed by atoms with Crippen molar-refractivity contribution in [1.29, 1.82) is 0 Å². The van der Waals surface area contributed by atoms with Crippen LogP contribution in [0.1, 0.15) is 43.8 Å². The SMILES string of the molecule is CNc1cc(NCC2CCCCO2)nc(C2CC2)n1. The zero-order valence-electron chi connectivity index (χ0n) is 11.5. The summed E-state index contributed by atoms with van der Waals surface area (Å²) in [7, 11) is 1.90. The molecule has 104 valence electrons. The van der Waals surface area contributed by atoms with E-state index in [2.05, 4.69) is 20.6 Å². The fourth-order valence-electron chi connectivity index (χ4n) is 2.40. The largest absolute Gasteiger partial charge is 0.376 e. The molecule has 1 unspecified atom stereocenters. The number of rotatable bonds is 5. The summed E-state index contributed by atoms with van der Waals surface area (Å²) in [5, 5.41) is 6.50. The van der Waals surface area contributed by atoms with Gasteiger partial charge in [-0.1, -0.05) is 0 Å². The highest BCUT2D eigenvalue weighted by atomic mass is 16.5. The molecule has 19 heavy (non-hydrogen) atoms. The molecule has 1 saturated carbocycles. The van der Waals surface area contributed by atoms with Crippen LogP contribution >= 0.6 is 0 Å². The summed E-state index contributed by atoms with van der Waals surface area (Å²) in [5.41, 5.74) is 0. The van der Waals surface area contributed by atoms with Gasteiger partial charge in [-0.15, -0.1) is 0 Å². The van der Waals surface area contributed by atoms with Crippen LogP contribution in [-0.4, -0.2) is 36.3 Å². The molecule has 1 aromatic rings. The molecule has 2 fully saturated rings. The number of ether oxygens (including phenoxy) is 1. The van der Waals surface area contributed by atoms with Crippen molar-refractivity contribution in [1.82, 2.24) is 9.97 Å². The first-order valence-corrected chi connectivity index (χ1v) is 7.27. The normalized spacial score (nSPS) is 23.1. The van der Waals surface area contributed by atoms with Crippen LogP contribution in [0.15, 0.2) is 6.07 Å². The molecule has 5 nitrogen and oxygen atoms in total. The van der Waals surface area contributed by atoms with Gasteiger partial charge in [-0.25, -0.2) is 9.97 Å². The highest BCUT2D eigenvalue weighted by molar-refractivity contribution is 5.47. The first kappa shape index (κ1) is 12.7. The van der Waals surface area contributed by atoms with Crippen LogP contribution in [0.3, 0.4) is 0 Å². The summed E-state index contributed by atoms with van der Waals surface area (Å²) >= 11 is 0. The summed E-state index contributed by atoms with van der Waals surface area (Å²) < 4.78 is 5.72. The second-order valence-corrected chi connectivity index (χ2v) is 5.39. The van der Waals surface area contributed by atoms with E-state index in [4.69, 9.17) is 4.74 Å². The van der Waals surface area contributed by atoms with Gasteiger partial charge in [0.05, 0.1) is 6.10 Å². The average molecular weight is 262 g/mol. The maximum absolute atomic E-state index is 5.72. The van der Waals surface area contributed by atoms with Gasteiger partial charge in [0.15, 0.2) is 0 Å². The topological polar surface area (TPSA) is 59.1 Å². The highest BCUT2D eigenvalue weighted by Gasteiger charge is 2.27. The van der Waals surface area contributed by atoms with Gasteiger partial charge in [0.25, 0.3) is 0 Å². The predicted molar refractivity (Wildman–Crippen MR) is 75.6 cm³/mol. The van der Waals surface area contributed by atoms with Gasteiger partial charge >= 0.3 is 0 Å². The van der Waals surface area contributed by atoms with Gasteiger partial charge in [-0.05, 0) is 32.1 Å².